The van der Waals surface area contributed by atoms with Crippen molar-refractivity contribution in [1.29, 1.82) is 5.41 Å². The van der Waals surface area contributed by atoms with Crippen molar-refractivity contribution in [3.05, 3.63) is 24.8 Å². The molecular formula is C12H21NS. The van der Waals surface area contributed by atoms with Crippen LogP contribution in [0.15, 0.2) is 24.8 Å². The maximum Gasteiger partial charge on any atom is 0.0652 e. The lowest BCUT2D eigenvalue weighted by Gasteiger charge is -2.20. The Morgan fingerprint density at radius 3 is 2.36 bits per heavy atom. The molecule has 1 nitrogen and oxygen atoms in total. The average molecular weight is 211 g/mol. The molecule has 0 heterocycles. The normalized spacial score (nSPS) is 13.4. The molecule has 1 N–H and O–H groups in total. The molecule has 0 radical (unpaired) electrons. The van der Waals surface area contributed by atoms with E-state index >= 15 is 0 Å². The van der Waals surface area contributed by atoms with Crippen LogP contribution in [0.3, 0.4) is 0 Å². The van der Waals surface area contributed by atoms with Crippen LogP contribution in [0, 0.1) is 10.8 Å². The summed E-state index contributed by atoms with van der Waals surface area (Å²) in [4.78, 5) is 0. The van der Waals surface area contributed by atoms with Gasteiger partial charge in [-0.15, -0.1) is 11.8 Å². The highest BCUT2D eigenvalue weighted by atomic mass is 32.2. The maximum atomic E-state index is 7.83. The van der Waals surface area contributed by atoms with Gasteiger partial charge < -0.3 is 0 Å². The van der Waals surface area contributed by atoms with Crippen molar-refractivity contribution in [3.63, 3.8) is 0 Å². The number of rotatable bonds is 4. The summed E-state index contributed by atoms with van der Waals surface area (Å²) in [6.07, 6.45) is 2.59. The van der Waals surface area contributed by atoms with Gasteiger partial charge in [0.15, 0.2) is 0 Å². The molecule has 0 saturated carbocycles. The molecule has 0 aliphatic heterocycles. The van der Waals surface area contributed by atoms with Crippen LogP contribution >= 0.6 is 11.8 Å². The fourth-order valence-corrected chi connectivity index (χ4v) is 2.17. The summed E-state index contributed by atoms with van der Waals surface area (Å²) in [5.41, 5.74) is 1.19. The van der Waals surface area contributed by atoms with Crippen LogP contribution in [0.5, 0.6) is 0 Å². The lowest BCUT2D eigenvalue weighted by atomic mass is 9.93. The van der Waals surface area contributed by atoms with Crippen LogP contribution in [0.1, 0.15) is 34.1 Å². The summed E-state index contributed by atoms with van der Waals surface area (Å²) in [6.45, 7) is 16.1. The van der Waals surface area contributed by atoms with E-state index < -0.39 is 0 Å². The first-order valence-corrected chi connectivity index (χ1v) is 5.69. The maximum absolute atomic E-state index is 7.83. The number of allylic oxidation sites excluding steroid dienone is 1. The van der Waals surface area contributed by atoms with Gasteiger partial charge in [0.05, 0.1) is 5.04 Å². The van der Waals surface area contributed by atoms with Crippen molar-refractivity contribution < 1.29 is 0 Å². The van der Waals surface area contributed by atoms with E-state index in [2.05, 4.69) is 40.9 Å². The molecule has 0 fully saturated rings. The molecule has 0 aliphatic carbocycles. The number of hydrogen-bond acceptors (Lipinski definition) is 2. The zero-order valence-corrected chi connectivity index (χ0v) is 10.5. The molecule has 14 heavy (non-hydrogen) atoms. The van der Waals surface area contributed by atoms with Crippen molar-refractivity contribution in [3.8, 4) is 0 Å². The fraction of sp³-hybridized carbons (Fsp3) is 0.583. The minimum Gasteiger partial charge on any atom is -0.298 e. The van der Waals surface area contributed by atoms with Crippen LogP contribution in [0.2, 0.25) is 0 Å². The highest BCUT2D eigenvalue weighted by Crippen LogP contribution is 2.27. The van der Waals surface area contributed by atoms with Gasteiger partial charge >= 0.3 is 0 Å². The second kappa shape index (κ2) is 5.40. The molecule has 2 heteroatoms. The molecule has 0 aromatic carbocycles. The van der Waals surface area contributed by atoms with Gasteiger partial charge in [0.1, 0.15) is 0 Å². The predicted octanol–water partition coefficient (Wildman–Crippen LogP) is 4.26. The largest absolute Gasteiger partial charge is 0.298 e. The Kier molecular flexibility index (Phi) is 5.21. The third-order valence-corrected chi connectivity index (χ3v) is 2.88. The standard InChI is InChI=1S/C12H21NS/c1-7-9(2)10(3)14-11(13)8-12(4,5)6/h7,10,13H,1-2,8H2,3-6H3. The third kappa shape index (κ3) is 6.03. The van der Waals surface area contributed by atoms with Crippen molar-refractivity contribution >= 4 is 16.8 Å². The zero-order valence-electron chi connectivity index (χ0n) is 9.68. The number of hydrogen-bond donors (Lipinski definition) is 1. The highest BCUT2D eigenvalue weighted by Gasteiger charge is 2.16. The SMILES string of the molecule is C=CC(=C)C(C)SC(=N)CC(C)(C)C. The highest BCUT2D eigenvalue weighted by molar-refractivity contribution is 8.14. The van der Waals surface area contributed by atoms with Gasteiger partial charge in [-0.2, -0.15) is 0 Å². The smallest absolute Gasteiger partial charge is 0.0652 e. The Morgan fingerprint density at radius 1 is 1.50 bits per heavy atom. The summed E-state index contributed by atoms with van der Waals surface area (Å²) < 4.78 is 0. The predicted molar refractivity (Wildman–Crippen MR) is 68.2 cm³/mol. The molecular weight excluding hydrogens is 190 g/mol. The van der Waals surface area contributed by atoms with Crippen LogP contribution in [-0.2, 0) is 0 Å². The summed E-state index contributed by atoms with van der Waals surface area (Å²) in [7, 11) is 0. The molecule has 0 aliphatic rings. The summed E-state index contributed by atoms with van der Waals surface area (Å²) in [6, 6.07) is 0. The van der Waals surface area contributed by atoms with Crippen molar-refractivity contribution in [2.45, 2.75) is 39.4 Å². The van der Waals surface area contributed by atoms with E-state index in [0.29, 0.717) is 0 Å². The molecule has 0 spiro atoms. The Balaban J connectivity index is 4.07. The van der Waals surface area contributed by atoms with E-state index in [9.17, 15) is 0 Å². The first-order chi connectivity index (χ1) is 6.26. The van der Waals surface area contributed by atoms with Crippen LogP contribution in [0.4, 0.5) is 0 Å². The van der Waals surface area contributed by atoms with Gasteiger partial charge in [0.2, 0.25) is 0 Å². The summed E-state index contributed by atoms with van der Waals surface area (Å²) in [5.74, 6) is 0. The third-order valence-electron chi connectivity index (χ3n) is 1.79. The average Bonchev–Trinajstić information content (AvgIpc) is 1.99. The van der Waals surface area contributed by atoms with Crippen molar-refractivity contribution in [2.75, 3.05) is 0 Å². The number of thioether (sulfide) groups is 1. The van der Waals surface area contributed by atoms with Gasteiger partial charge in [-0.1, -0.05) is 40.0 Å². The Hall–Kier alpha value is -0.500. The molecule has 0 aromatic heterocycles. The second-order valence-electron chi connectivity index (χ2n) is 4.70. The lowest BCUT2D eigenvalue weighted by Crippen LogP contribution is -2.12. The molecule has 0 rings (SSSR count). The molecule has 0 saturated heterocycles. The van der Waals surface area contributed by atoms with Crippen LogP contribution in [-0.4, -0.2) is 10.3 Å². The van der Waals surface area contributed by atoms with Gasteiger partial charge in [-0.25, -0.2) is 0 Å². The minimum atomic E-state index is 0.194. The Labute approximate surface area is 92.2 Å². The second-order valence-corrected chi connectivity index (χ2v) is 6.14. The quantitative estimate of drug-likeness (QED) is 0.419. The van der Waals surface area contributed by atoms with Crippen molar-refractivity contribution in [1.82, 2.24) is 0 Å². The Bertz CT molecular complexity index is 235. The number of nitrogens with one attached hydrogen (secondary N) is 1. The van der Waals surface area contributed by atoms with Crippen LogP contribution < -0.4 is 0 Å². The fourth-order valence-electron chi connectivity index (χ4n) is 0.978. The topological polar surface area (TPSA) is 23.9 Å². The minimum absolute atomic E-state index is 0.194. The first kappa shape index (κ1) is 13.5. The molecule has 1 unspecified atom stereocenters. The van der Waals surface area contributed by atoms with Crippen molar-refractivity contribution in [2.24, 2.45) is 5.41 Å². The lowest BCUT2D eigenvalue weighted by molar-refractivity contribution is 0.436. The molecule has 80 valence electrons. The molecule has 0 amide bonds. The zero-order chi connectivity index (χ0) is 11.4. The van der Waals surface area contributed by atoms with E-state index in [-0.39, 0.29) is 10.7 Å². The van der Waals surface area contributed by atoms with Crippen LogP contribution in [0.25, 0.3) is 0 Å². The van der Waals surface area contributed by atoms with Gasteiger partial charge in [-0.3, -0.25) is 5.41 Å². The first-order valence-electron chi connectivity index (χ1n) is 4.81. The van der Waals surface area contributed by atoms with E-state index in [1.54, 1.807) is 17.8 Å². The van der Waals surface area contributed by atoms with E-state index in [4.69, 9.17) is 5.41 Å². The van der Waals surface area contributed by atoms with Gasteiger partial charge in [0.25, 0.3) is 0 Å². The van der Waals surface area contributed by atoms with Gasteiger partial charge in [0, 0.05) is 5.25 Å². The summed E-state index contributed by atoms with van der Waals surface area (Å²) in [5, 5.41) is 8.83. The molecule has 0 aromatic rings. The van der Waals surface area contributed by atoms with E-state index in [1.165, 1.54) is 0 Å². The van der Waals surface area contributed by atoms with Gasteiger partial charge in [-0.05, 0) is 24.3 Å². The monoisotopic (exact) mass is 211 g/mol. The van der Waals surface area contributed by atoms with E-state index in [0.717, 1.165) is 17.0 Å². The molecule has 1 atom stereocenters. The molecule has 0 bridgehead atoms. The van der Waals surface area contributed by atoms with E-state index in [1.807, 2.05) is 0 Å². The Morgan fingerprint density at radius 2 is 2.00 bits per heavy atom. The summed E-state index contributed by atoms with van der Waals surface area (Å²) >= 11 is 1.57.